The molecule has 0 unspecified atom stereocenters. The first kappa shape index (κ1) is 13.9. The highest BCUT2D eigenvalue weighted by molar-refractivity contribution is 6.04. The van der Waals surface area contributed by atoms with Gasteiger partial charge in [0.05, 0.1) is 5.52 Å². The van der Waals surface area contributed by atoms with Gasteiger partial charge >= 0.3 is 0 Å². The first-order valence-electron chi connectivity index (χ1n) is 6.94. The van der Waals surface area contributed by atoms with Crippen molar-refractivity contribution in [3.05, 3.63) is 60.0 Å². The van der Waals surface area contributed by atoms with E-state index in [0.717, 1.165) is 5.69 Å². The number of nitrogen functional groups attached to an aromatic ring is 1. The maximum atomic E-state index is 12.3. The Morgan fingerprint density at radius 1 is 1.09 bits per heavy atom. The molecule has 0 bridgehead atoms. The number of nitrogens with one attached hydrogen (secondary N) is 1. The summed E-state index contributed by atoms with van der Waals surface area (Å²) in [7, 11) is 0. The van der Waals surface area contributed by atoms with Gasteiger partial charge in [0.15, 0.2) is 0 Å². The minimum Gasteiger partial charge on any atom is -0.368 e. The highest BCUT2D eigenvalue weighted by atomic mass is 16.1. The van der Waals surface area contributed by atoms with Crippen molar-refractivity contribution >= 4 is 22.8 Å². The second-order valence-electron chi connectivity index (χ2n) is 4.77. The maximum absolute atomic E-state index is 12.3. The van der Waals surface area contributed by atoms with E-state index in [1.54, 1.807) is 12.3 Å². The zero-order valence-electron chi connectivity index (χ0n) is 11.9. The van der Waals surface area contributed by atoms with Crippen LogP contribution in [0.1, 0.15) is 16.2 Å². The molecule has 22 heavy (non-hydrogen) atoms. The molecule has 2 heterocycles. The summed E-state index contributed by atoms with van der Waals surface area (Å²) >= 11 is 0. The van der Waals surface area contributed by atoms with Crippen LogP contribution in [0.4, 0.5) is 5.95 Å². The summed E-state index contributed by atoms with van der Waals surface area (Å²) in [6, 6.07) is 13.0. The number of carbonyl (C=O) groups excluding carboxylic acids is 1. The lowest BCUT2D eigenvalue weighted by Gasteiger charge is -2.07. The number of pyridine rings is 1. The third kappa shape index (κ3) is 3.01. The van der Waals surface area contributed by atoms with Crippen molar-refractivity contribution in [1.82, 2.24) is 20.3 Å². The maximum Gasteiger partial charge on any atom is 0.270 e. The molecule has 1 amide bonds. The Kier molecular flexibility index (Phi) is 3.91. The highest BCUT2D eigenvalue weighted by Crippen LogP contribution is 2.16. The molecule has 0 aliphatic heterocycles. The fourth-order valence-electron chi connectivity index (χ4n) is 2.20. The fourth-order valence-corrected chi connectivity index (χ4v) is 2.20. The van der Waals surface area contributed by atoms with Crippen LogP contribution in [0.15, 0.2) is 48.7 Å². The molecule has 3 rings (SSSR count). The van der Waals surface area contributed by atoms with Crippen LogP contribution in [0.2, 0.25) is 0 Å². The molecule has 0 saturated heterocycles. The molecule has 6 nitrogen and oxygen atoms in total. The van der Waals surface area contributed by atoms with Gasteiger partial charge in [-0.3, -0.25) is 9.78 Å². The Balaban J connectivity index is 1.75. The van der Waals surface area contributed by atoms with Crippen molar-refractivity contribution < 1.29 is 4.79 Å². The number of carbonyl (C=O) groups is 1. The topological polar surface area (TPSA) is 93.8 Å². The average Bonchev–Trinajstić information content (AvgIpc) is 2.55. The summed E-state index contributed by atoms with van der Waals surface area (Å²) in [6.07, 6.45) is 2.39. The molecule has 0 radical (unpaired) electrons. The van der Waals surface area contributed by atoms with Crippen LogP contribution in [-0.4, -0.2) is 27.4 Å². The quantitative estimate of drug-likeness (QED) is 0.761. The van der Waals surface area contributed by atoms with E-state index in [2.05, 4.69) is 20.3 Å². The lowest BCUT2D eigenvalue weighted by molar-refractivity contribution is 0.0951. The van der Waals surface area contributed by atoms with Crippen molar-refractivity contribution in [2.24, 2.45) is 0 Å². The van der Waals surface area contributed by atoms with E-state index in [4.69, 9.17) is 5.73 Å². The minimum absolute atomic E-state index is 0.0913. The normalized spacial score (nSPS) is 10.5. The molecule has 0 aliphatic rings. The summed E-state index contributed by atoms with van der Waals surface area (Å²) in [5.74, 6) is -0.171. The van der Waals surface area contributed by atoms with E-state index in [1.165, 1.54) is 0 Å². The van der Waals surface area contributed by atoms with Crippen molar-refractivity contribution in [2.75, 3.05) is 12.3 Å². The lowest BCUT2D eigenvalue weighted by atomic mass is 10.1. The average molecular weight is 293 g/mol. The van der Waals surface area contributed by atoms with Crippen LogP contribution in [0, 0.1) is 0 Å². The van der Waals surface area contributed by atoms with E-state index in [-0.39, 0.29) is 11.9 Å². The molecule has 3 aromatic rings. The van der Waals surface area contributed by atoms with Gasteiger partial charge in [-0.1, -0.05) is 24.3 Å². The zero-order chi connectivity index (χ0) is 15.4. The number of aromatic nitrogens is 3. The van der Waals surface area contributed by atoms with Crippen molar-refractivity contribution in [1.29, 1.82) is 0 Å². The predicted molar refractivity (Wildman–Crippen MR) is 84.2 cm³/mol. The number of benzene rings is 1. The van der Waals surface area contributed by atoms with Gasteiger partial charge in [0.25, 0.3) is 5.91 Å². The van der Waals surface area contributed by atoms with E-state index in [0.29, 0.717) is 29.6 Å². The smallest absolute Gasteiger partial charge is 0.270 e. The Hall–Kier alpha value is -3.02. The van der Waals surface area contributed by atoms with Crippen LogP contribution >= 0.6 is 0 Å². The van der Waals surface area contributed by atoms with Gasteiger partial charge < -0.3 is 11.1 Å². The predicted octanol–water partition coefficient (Wildman–Crippen LogP) is 1.58. The number of para-hydroxylation sites is 1. The second kappa shape index (κ2) is 6.17. The van der Waals surface area contributed by atoms with Gasteiger partial charge in [0.1, 0.15) is 5.69 Å². The summed E-state index contributed by atoms with van der Waals surface area (Å²) in [4.78, 5) is 24.7. The number of nitrogens with zero attached hydrogens (tertiary/aromatic N) is 3. The summed E-state index contributed by atoms with van der Waals surface area (Å²) in [6.45, 7) is 0.480. The van der Waals surface area contributed by atoms with E-state index < -0.39 is 0 Å². The molecule has 0 saturated carbocycles. The largest absolute Gasteiger partial charge is 0.368 e. The first-order valence-corrected chi connectivity index (χ1v) is 6.94. The van der Waals surface area contributed by atoms with Gasteiger partial charge in [-0.15, -0.1) is 0 Å². The number of hydrogen-bond acceptors (Lipinski definition) is 5. The van der Waals surface area contributed by atoms with E-state index in [1.807, 2.05) is 36.4 Å². The highest BCUT2D eigenvalue weighted by Gasteiger charge is 2.13. The first-order chi connectivity index (χ1) is 10.7. The van der Waals surface area contributed by atoms with Crippen LogP contribution in [-0.2, 0) is 6.42 Å². The summed E-state index contributed by atoms with van der Waals surface area (Å²) in [5.41, 5.74) is 7.55. The molecule has 1 aromatic carbocycles. The molecule has 0 fully saturated rings. The third-order valence-corrected chi connectivity index (χ3v) is 3.23. The van der Waals surface area contributed by atoms with Crippen LogP contribution in [0.3, 0.4) is 0 Å². The van der Waals surface area contributed by atoms with E-state index in [9.17, 15) is 4.79 Å². The van der Waals surface area contributed by atoms with Crippen molar-refractivity contribution in [3.63, 3.8) is 0 Å². The molecule has 0 spiro atoms. The van der Waals surface area contributed by atoms with Crippen LogP contribution in [0.5, 0.6) is 0 Å². The SMILES string of the molecule is Nc1nc(C(=O)NCCc2ccccn2)c2ccccc2n1. The lowest BCUT2D eigenvalue weighted by Crippen LogP contribution is -2.27. The van der Waals surface area contributed by atoms with Crippen molar-refractivity contribution in [2.45, 2.75) is 6.42 Å². The molecule has 2 aromatic heterocycles. The molecular weight excluding hydrogens is 278 g/mol. The molecule has 0 atom stereocenters. The number of hydrogen-bond donors (Lipinski definition) is 2. The van der Waals surface area contributed by atoms with Crippen LogP contribution < -0.4 is 11.1 Å². The monoisotopic (exact) mass is 293 g/mol. The van der Waals surface area contributed by atoms with Gasteiger partial charge in [-0.05, 0) is 18.2 Å². The van der Waals surface area contributed by atoms with Gasteiger partial charge in [-0.2, -0.15) is 0 Å². The Labute approximate surface area is 127 Å². The van der Waals surface area contributed by atoms with E-state index >= 15 is 0 Å². The Bertz CT molecular complexity index is 804. The molecule has 3 N–H and O–H groups in total. The van der Waals surface area contributed by atoms with Gasteiger partial charge in [-0.25, -0.2) is 9.97 Å². The Morgan fingerprint density at radius 2 is 1.91 bits per heavy atom. The Morgan fingerprint density at radius 3 is 2.73 bits per heavy atom. The standard InChI is InChI=1S/C16H15N5O/c17-16-20-13-7-2-1-6-12(13)14(21-16)15(22)19-10-8-11-5-3-4-9-18-11/h1-7,9H,8,10H2,(H,19,22)(H2,17,20,21). The second-order valence-corrected chi connectivity index (χ2v) is 4.77. The molecule has 110 valence electrons. The van der Waals surface area contributed by atoms with Gasteiger partial charge in [0, 0.05) is 30.2 Å². The molecule has 6 heteroatoms. The number of anilines is 1. The minimum atomic E-state index is -0.263. The third-order valence-electron chi connectivity index (χ3n) is 3.23. The zero-order valence-corrected chi connectivity index (χ0v) is 11.9. The molecular formula is C16H15N5O. The number of rotatable bonds is 4. The number of nitrogens with two attached hydrogens (primary N) is 1. The number of amides is 1. The summed E-state index contributed by atoms with van der Waals surface area (Å²) in [5, 5.41) is 3.53. The van der Waals surface area contributed by atoms with Crippen molar-refractivity contribution in [3.8, 4) is 0 Å². The summed E-state index contributed by atoms with van der Waals surface area (Å²) < 4.78 is 0. The fraction of sp³-hybridized carbons (Fsp3) is 0.125. The van der Waals surface area contributed by atoms with Crippen LogP contribution in [0.25, 0.3) is 10.9 Å². The van der Waals surface area contributed by atoms with Gasteiger partial charge in [0.2, 0.25) is 5.95 Å². The molecule has 0 aliphatic carbocycles. The number of fused-ring (bicyclic) bond motifs is 1.